The summed E-state index contributed by atoms with van der Waals surface area (Å²) in [5.74, 6) is 9.14. The van der Waals surface area contributed by atoms with Crippen LogP contribution in [0.4, 0.5) is 11.6 Å². The third-order valence-electron chi connectivity index (χ3n) is 3.83. The fraction of sp³-hybridized carbons (Fsp3) is 0.714. The van der Waals surface area contributed by atoms with Gasteiger partial charge < -0.3 is 10.3 Å². The Morgan fingerprint density at radius 1 is 1.37 bits per heavy atom. The third kappa shape index (κ3) is 3.15. The summed E-state index contributed by atoms with van der Waals surface area (Å²) in [6.45, 7) is 9.84. The summed E-state index contributed by atoms with van der Waals surface area (Å²) >= 11 is 0. The zero-order valence-corrected chi connectivity index (χ0v) is 12.3. The zero-order valence-electron chi connectivity index (χ0n) is 12.3. The van der Waals surface area contributed by atoms with E-state index >= 15 is 0 Å². The Balaban J connectivity index is 2.30. The molecule has 1 fully saturated rings. The first-order chi connectivity index (χ1) is 9.01. The molecule has 0 amide bonds. The van der Waals surface area contributed by atoms with Crippen molar-refractivity contribution in [3.05, 3.63) is 11.9 Å². The fourth-order valence-electron chi connectivity index (χ4n) is 2.68. The molecule has 1 saturated heterocycles. The van der Waals surface area contributed by atoms with Gasteiger partial charge in [0.15, 0.2) is 0 Å². The van der Waals surface area contributed by atoms with Crippen LogP contribution in [0.1, 0.15) is 52.3 Å². The standard InChI is InChI=1S/C14H25N5/c1-9(2)14-16-12(18-15)8-13(17-14)19-6-5-10(3)7-11(19)4/h8-11H,5-7,15H2,1-4H3,(H,16,17,18). The highest BCUT2D eigenvalue weighted by Crippen LogP contribution is 2.28. The Morgan fingerprint density at radius 3 is 2.68 bits per heavy atom. The molecule has 19 heavy (non-hydrogen) atoms. The maximum Gasteiger partial charge on any atom is 0.145 e. The molecule has 0 saturated carbocycles. The maximum atomic E-state index is 5.52. The van der Waals surface area contributed by atoms with Gasteiger partial charge in [-0.3, -0.25) is 0 Å². The Kier molecular flexibility index (Phi) is 4.24. The quantitative estimate of drug-likeness (QED) is 0.648. The minimum absolute atomic E-state index is 0.297. The minimum Gasteiger partial charge on any atom is -0.354 e. The van der Waals surface area contributed by atoms with E-state index in [9.17, 15) is 0 Å². The van der Waals surface area contributed by atoms with Crippen molar-refractivity contribution in [3.63, 3.8) is 0 Å². The molecule has 1 aromatic rings. The van der Waals surface area contributed by atoms with Crippen molar-refractivity contribution in [3.8, 4) is 0 Å². The lowest BCUT2D eigenvalue weighted by Crippen LogP contribution is -2.41. The fourth-order valence-corrected chi connectivity index (χ4v) is 2.68. The molecule has 1 aromatic heterocycles. The van der Waals surface area contributed by atoms with Crippen LogP contribution in [0.15, 0.2) is 6.07 Å². The lowest BCUT2D eigenvalue weighted by atomic mass is 9.93. The van der Waals surface area contributed by atoms with Crippen LogP contribution in [0.25, 0.3) is 0 Å². The summed E-state index contributed by atoms with van der Waals surface area (Å²) in [5.41, 5.74) is 2.65. The molecular weight excluding hydrogens is 238 g/mol. The molecular formula is C14H25N5. The topological polar surface area (TPSA) is 67.1 Å². The van der Waals surface area contributed by atoms with Crippen LogP contribution in [-0.4, -0.2) is 22.6 Å². The molecule has 2 unspecified atom stereocenters. The number of rotatable bonds is 3. The van der Waals surface area contributed by atoms with Gasteiger partial charge in [0.25, 0.3) is 0 Å². The second-order valence-electron chi connectivity index (χ2n) is 5.94. The molecule has 5 nitrogen and oxygen atoms in total. The molecule has 0 radical (unpaired) electrons. The molecule has 0 aliphatic carbocycles. The number of aromatic nitrogens is 2. The van der Waals surface area contributed by atoms with Gasteiger partial charge in [-0.2, -0.15) is 0 Å². The van der Waals surface area contributed by atoms with Gasteiger partial charge in [-0.25, -0.2) is 15.8 Å². The van der Waals surface area contributed by atoms with Gasteiger partial charge in [-0.05, 0) is 25.7 Å². The molecule has 5 heteroatoms. The first-order valence-electron chi connectivity index (χ1n) is 7.13. The van der Waals surface area contributed by atoms with Crippen LogP contribution in [0, 0.1) is 5.92 Å². The van der Waals surface area contributed by atoms with E-state index in [1.807, 2.05) is 6.07 Å². The van der Waals surface area contributed by atoms with Crippen molar-refractivity contribution in [2.24, 2.45) is 11.8 Å². The van der Waals surface area contributed by atoms with E-state index in [4.69, 9.17) is 10.8 Å². The van der Waals surface area contributed by atoms with E-state index in [-0.39, 0.29) is 0 Å². The normalized spacial score (nSPS) is 23.8. The van der Waals surface area contributed by atoms with Crippen molar-refractivity contribution in [1.82, 2.24) is 9.97 Å². The van der Waals surface area contributed by atoms with E-state index in [1.165, 1.54) is 12.8 Å². The summed E-state index contributed by atoms with van der Waals surface area (Å²) in [4.78, 5) is 11.5. The van der Waals surface area contributed by atoms with Gasteiger partial charge in [0.05, 0.1) is 0 Å². The number of anilines is 2. The number of hydrogen-bond donors (Lipinski definition) is 2. The van der Waals surface area contributed by atoms with Crippen LogP contribution >= 0.6 is 0 Å². The second-order valence-corrected chi connectivity index (χ2v) is 5.94. The van der Waals surface area contributed by atoms with Crippen molar-refractivity contribution in [2.75, 3.05) is 16.9 Å². The molecule has 2 atom stereocenters. The minimum atomic E-state index is 0.297. The number of nitrogens with two attached hydrogens (primary N) is 1. The number of piperidine rings is 1. The molecule has 0 spiro atoms. The van der Waals surface area contributed by atoms with E-state index in [1.54, 1.807) is 0 Å². The highest BCUT2D eigenvalue weighted by Gasteiger charge is 2.24. The molecule has 1 aliphatic heterocycles. The van der Waals surface area contributed by atoms with Crippen LogP contribution in [0.2, 0.25) is 0 Å². The summed E-state index contributed by atoms with van der Waals surface area (Å²) in [6, 6.07) is 2.46. The largest absolute Gasteiger partial charge is 0.354 e. The summed E-state index contributed by atoms with van der Waals surface area (Å²) in [5, 5.41) is 0. The lowest BCUT2D eigenvalue weighted by molar-refractivity contribution is 0.375. The Labute approximate surface area is 115 Å². The molecule has 2 heterocycles. The van der Waals surface area contributed by atoms with Crippen molar-refractivity contribution < 1.29 is 0 Å². The number of hydrogen-bond acceptors (Lipinski definition) is 5. The molecule has 3 N–H and O–H groups in total. The van der Waals surface area contributed by atoms with E-state index in [2.05, 4.69) is 43.0 Å². The predicted octanol–water partition coefficient (Wildman–Crippen LogP) is 2.51. The van der Waals surface area contributed by atoms with Gasteiger partial charge in [0.2, 0.25) is 0 Å². The molecule has 1 aliphatic rings. The highest BCUT2D eigenvalue weighted by atomic mass is 15.3. The van der Waals surface area contributed by atoms with Crippen molar-refractivity contribution >= 4 is 11.6 Å². The molecule has 106 valence electrons. The maximum absolute atomic E-state index is 5.52. The van der Waals surface area contributed by atoms with Crippen molar-refractivity contribution in [1.29, 1.82) is 0 Å². The predicted molar refractivity (Wildman–Crippen MR) is 79.1 cm³/mol. The molecule has 2 rings (SSSR count). The summed E-state index contributed by atoms with van der Waals surface area (Å²) < 4.78 is 0. The van der Waals surface area contributed by atoms with Gasteiger partial charge in [-0.1, -0.05) is 20.8 Å². The smallest absolute Gasteiger partial charge is 0.145 e. The van der Waals surface area contributed by atoms with Gasteiger partial charge in [0.1, 0.15) is 17.5 Å². The van der Waals surface area contributed by atoms with Crippen molar-refractivity contribution in [2.45, 2.75) is 52.5 Å². The average Bonchev–Trinajstić information content (AvgIpc) is 2.38. The average molecular weight is 263 g/mol. The van der Waals surface area contributed by atoms with Crippen LogP contribution in [0.5, 0.6) is 0 Å². The Bertz CT molecular complexity index is 432. The van der Waals surface area contributed by atoms with E-state index in [0.717, 1.165) is 24.1 Å². The zero-order chi connectivity index (χ0) is 14.0. The van der Waals surface area contributed by atoms with Crippen LogP contribution < -0.4 is 16.2 Å². The second kappa shape index (κ2) is 5.74. The Morgan fingerprint density at radius 2 is 2.11 bits per heavy atom. The first-order valence-corrected chi connectivity index (χ1v) is 7.13. The van der Waals surface area contributed by atoms with E-state index in [0.29, 0.717) is 17.8 Å². The van der Waals surface area contributed by atoms with E-state index < -0.39 is 0 Å². The highest BCUT2D eigenvalue weighted by molar-refractivity contribution is 5.50. The lowest BCUT2D eigenvalue weighted by Gasteiger charge is -2.37. The Hall–Kier alpha value is -1.36. The van der Waals surface area contributed by atoms with Crippen LogP contribution in [-0.2, 0) is 0 Å². The molecule has 0 bridgehead atoms. The van der Waals surface area contributed by atoms with Gasteiger partial charge in [-0.15, -0.1) is 0 Å². The summed E-state index contributed by atoms with van der Waals surface area (Å²) in [6.07, 6.45) is 2.43. The first kappa shape index (κ1) is 14.1. The number of nitrogen functional groups attached to an aromatic ring is 1. The number of nitrogens with one attached hydrogen (secondary N) is 1. The summed E-state index contributed by atoms with van der Waals surface area (Å²) in [7, 11) is 0. The number of hydrazine groups is 1. The van der Waals surface area contributed by atoms with Crippen LogP contribution in [0.3, 0.4) is 0 Å². The number of nitrogens with zero attached hydrogens (tertiary/aromatic N) is 3. The molecule has 0 aromatic carbocycles. The monoisotopic (exact) mass is 263 g/mol. The SMILES string of the molecule is CC1CCN(c2cc(NN)nc(C(C)C)n2)C(C)C1. The van der Waals surface area contributed by atoms with Gasteiger partial charge in [0, 0.05) is 24.6 Å². The third-order valence-corrected chi connectivity index (χ3v) is 3.83. The van der Waals surface area contributed by atoms with Gasteiger partial charge >= 0.3 is 0 Å².